The Morgan fingerprint density at radius 3 is 2.89 bits per heavy atom. The molecule has 1 aromatic carbocycles. The Kier molecular flexibility index (Phi) is 4.34. The Labute approximate surface area is 162 Å². The Morgan fingerprint density at radius 1 is 1.19 bits per heavy atom. The van der Waals surface area contributed by atoms with Crippen LogP contribution in [0.4, 0.5) is 0 Å². The van der Waals surface area contributed by atoms with E-state index in [9.17, 15) is 4.79 Å². The van der Waals surface area contributed by atoms with Crippen molar-refractivity contribution in [2.75, 3.05) is 6.61 Å². The molecule has 4 aliphatic rings. The molecule has 3 fully saturated rings. The molecular formula is C24H32O3. The summed E-state index contributed by atoms with van der Waals surface area (Å²) in [5, 5.41) is 0. The van der Waals surface area contributed by atoms with Gasteiger partial charge in [0.25, 0.3) is 0 Å². The van der Waals surface area contributed by atoms with Gasteiger partial charge in [-0.3, -0.25) is 4.79 Å². The van der Waals surface area contributed by atoms with Crippen molar-refractivity contribution in [3.05, 3.63) is 29.3 Å². The Morgan fingerprint density at radius 2 is 2.07 bits per heavy atom. The van der Waals surface area contributed by atoms with Crippen molar-refractivity contribution in [3.8, 4) is 5.75 Å². The van der Waals surface area contributed by atoms with E-state index >= 15 is 0 Å². The van der Waals surface area contributed by atoms with Gasteiger partial charge < -0.3 is 9.47 Å². The van der Waals surface area contributed by atoms with Crippen LogP contribution in [0.2, 0.25) is 0 Å². The molecule has 5 unspecified atom stereocenters. The summed E-state index contributed by atoms with van der Waals surface area (Å²) in [6, 6.07) is 6.74. The number of carbonyl (C=O) groups excluding carboxylic acids is 1. The smallest absolute Gasteiger partial charge is 0.199 e. The minimum Gasteiger partial charge on any atom is -0.465 e. The van der Waals surface area contributed by atoms with Gasteiger partial charge in [0.15, 0.2) is 6.29 Å². The molecule has 1 heterocycles. The molecule has 27 heavy (non-hydrogen) atoms. The lowest BCUT2D eigenvalue weighted by Gasteiger charge is -2.51. The highest BCUT2D eigenvalue weighted by Crippen LogP contribution is 2.60. The van der Waals surface area contributed by atoms with Gasteiger partial charge in [0.05, 0.1) is 6.61 Å². The van der Waals surface area contributed by atoms with Crippen molar-refractivity contribution in [1.29, 1.82) is 0 Å². The minimum atomic E-state index is -0.0783. The van der Waals surface area contributed by atoms with Crippen molar-refractivity contribution in [3.63, 3.8) is 0 Å². The van der Waals surface area contributed by atoms with Crippen LogP contribution in [0.15, 0.2) is 18.2 Å². The SMILES string of the molecule is C[C@@H]1Cc2cc(OC3CCCCO3)ccc2C2CCC3(C)C(=O)CCC3C21. The summed E-state index contributed by atoms with van der Waals surface area (Å²) in [5.74, 6) is 3.99. The average Bonchev–Trinajstić information content (AvgIpc) is 2.97. The molecule has 1 saturated heterocycles. The zero-order valence-corrected chi connectivity index (χ0v) is 16.7. The van der Waals surface area contributed by atoms with Crippen LogP contribution in [-0.2, 0) is 16.0 Å². The summed E-state index contributed by atoms with van der Waals surface area (Å²) in [6.07, 6.45) is 8.50. The topological polar surface area (TPSA) is 35.5 Å². The van der Waals surface area contributed by atoms with E-state index in [-0.39, 0.29) is 11.7 Å². The largest absolute Gasteiger partial charge is 0.465 e. The second-order valence-electron chi connectivity index (χ2n) is 9.66. The van der Waals surface area contributed by atoms with Gasteiger partial charge in [-0.25, -0.2) is 0 Å². The maximum Gasteiger partial charge on any atom is 0.199 e. The van der Waals surface area contributed by atoms with E-state index in [1.54, 1.807) is 0 Å². The zero-order valence-electron chi connectivity index (χ0n) is 16.7. The molecule has 6 atom stereocenters. The lowest BCUT2D eigenvalue weighted by atomic mass is 9.53. The number of benzene rings is 1. The Hall–Kier alpha value is -1.35. The number of hydrogen-bond acceptors (Lipinski definition) is 3. The first-order valence-corrected chi connectivity index (χ1v) is 11.0. The van der Waals surface area contributed by atoms with Gasteiger partial charge in [-0.05, 0) is 85.5 Å². The molecule has 3 aliphatic carbocycles. The first-order valence-electron chi connectivity index (χ1n) is 11.0. The summed E-state index contributed by atoms with van der Waals surface area (Å²) in [4.78, 5) is 12.6. The van der Waals surface area contributed by atoms with Crippen molar-refractivity contribution < 1.29 is 14.3 Å². The van der Waals surface area contributed by atoms with Crippen molar-refractivity contribution in [1.82, 2.24) is 0 Å². The Balaban J connectivity index is 1.41. The third-order valence-electron chi connectivity index (χ3n) is 8.16. The van der Waals surface area contributed by atoms with E-state index in [1.165, 1.54) is 17.5 Å². The van der Waals surface area contributed by atoms with Gasteiger partial charge >= 0.3 is 0 Å². The van der Waals surface area contributed by atoms with Gasteiger partial charge in [-0.15, -0.1) is 0 Å². The monoisotopic (exact) mass is 368 g/mol. The van der Waals surface area contributed by atoms with Gasteiger partial charge in [-0.2, -0.15) is 0 Å². The van der Waals surface area contributed by atoms with Gasteiger partial charge in [0.2, 0.25) is 0 Å². The number of fused-ring (bicyclic) bond motifs is 5. The van der Waals surface area contributed by atoms with Gasteiger partial charge in [0, 0.05) is 18.3 Å². The van der Waals surface area contributed by atoms with E-state index < -0.39 is 0 Å². The third-order valence-corrected chi connectivity index (χ3v) is 8.16. The molecule has 0 spiro atoms. The molecule has 0 aromatic heterocycles. The van der Waals surface area contributed by atoms with E-state index in [2.05, 4.69) is 32.0 Å². The molecule has 1 aliphatic heterocycles. The molecule has 2 saturated carbocycles. The predicted octanol–water partition coefficient (Wildman–Crippen LogP) is 5.26. The second-order valence-corrected chi connectivity index (χ2v) is 9.66. The fourth-order valence-electron chi connectivity index (χ4n) is 6.76. The Bertz CT molecular complexity index is 735. The molecule has 0 bridgehead atoms. The number of Topliss-reactive ketones (excluding diaryl/α,β-unsaturated/α-hetero) is 1. The molecular weight excluding hydrogens is 336 g/mol. The molecule has 146 valence electrons. The van der Waals surface area contributed by atoms with Crippen LogP contribution in [0.3, 0.4) is 0 Å². The van der Waals surface area contributed by atoms with Crippen LogP contribution in [0, 0.1) is 23.2 Å². The number of ether oxygens (including phenoxy) is 2. The molecule has 0 radical (unpaired) electrons. The zero-order chi connectivity index (χ0) is 18.6. The first-order chi connectivity index (χ1) is 13.1. The van der Waals surface area contributed by atoms with Crippen LogP contribution in [-0.4, -0.2) is 18.7 Å². The summed E-state index contributed by atoms with van der Waals surface area (Å²) in [6.45, 7) is 5.48. The fraction of sp³-hybridized carbons (Fsp3) is 0.708. The van der Waals surface area contributed by atoms with Crippen LogP contribution < -0.4 is 4.74 Å². The molecule has 0 N–H and O–H groups in total. The summed E-state index contributed by atoms with van der Waals surface area (Å²) in [5.41, 5.74) is 2.94. The number of ketones is 1. The third kappa shape index (κ3) is 2.85. The van der Waals surface area contributed by atoms with Crippen molar-refractivity contribution >= 4 is 5.78 Å². The van der Waals surface area contributed by atoms with Gasteiger partial charge in [0.1, 0.15) is 11.5 Å². The first kappa shape index (κ1) is 17.7. The van der Waals surface area contributed by atoms with Crippen LogP contribution >= 0.6 is 0 Å². The lowest BCUT2D eigenvalue weighted by molar-refractivity contribution is -0.129. The van der Waals surface area contributed by atoms with E-state index in [1.807, 2.05) is 0 Å². The highest BCUT2D eigenvalue weighted by molar-refractivity contribution is 5.87. The highest BCUT2D eigenvalue weighted by atomic mass is 16.7. The highest BCUT2D eigenvalue weighted by Gasteiger charge is 2.56. The number of rotatable bonds is 2. The van der Waals surface area contributed by atoms with E-state index in [4.69, 9.17) is 9.47 Å². The van der Waals surface area contributed by atoms with Gasteiger partial charge in [-0.1, -0.05) is 19.9 Å². The fourth-order valence-corrected chi connectivity index (χ4v) is 6.76. The second kappa shape index (κ2) is 6.62. The molecule has 0 amide bonds. The average molecular weight is 369 g/mol. The standard InChI is InChI=1S/C24H32O3/c1-15-13-16-14-17(27-22-5-3-4-12-26-22)6-7-18(16)19-10-11-24(2)20(23(15)19)8-9-21(24)25/h6-7,14-15,19-20,22-23H,3-5,8-13H2,1-2H3/t15-,19?,20?,22?,23?,24?/m1/s1. The summed E-state index contributed by atoms with van der Waals surface area (Å²) < 4.78 is 11.9. The lowest BCUT2D eigenvalue weighted by Crippen LogP contribution is -2.45. The van der Waals surface area contributed by atoms with Crippen LogP contribution in [0.25, 0.3) is 0 Å². The normalized spacial score (nSPS) is 40.8. The van der Waals surface area contributed by atoms with E-state index in [0.717, 1.165) is 57.3 Å². The molecule has 1 aromatic rings. The summed E-state index contributed by atoms with van der Waals surface area (Å²) in [7, 11) is 0. The van der Waals surface area contributed by atoms with Crippen molar-refractivity contribution in [2.45, 2.75) is 77.4 Å². The predicted molar refractivity (Wildman–Crippen MR) is 105 cm³/mol. The number of hydrogen-bond donors (Lipinski definition) is 0. The minimum absolute atomic E-state index is 0.0473. The molecule has 5 rings (SSSR count). The number of carbonyl (C=O) groups is 1. The maximum atomic E-state index is 12.6. The quantitative estimate of drug-likeness (QED) is 0.714. The van der Waals surface area contributed by atoms with Crippen LogP contribution in [0.5, 0.6) is 5.75 Å². The van der Waals surface area contributed by atoms with E-state index in [0.29, 0.717) is 29.5 Å². The molecule has 3 heteroatoms. The summed E-state index contributed by atoms with van der Waals surface area (Å²) >= 11 is 0. The van der Waals surface area contributed by atoms with Crippen molar-refractivity contribution in [2.24, 2.45) is 23.2 Å². The maximum absolute atomic E-state index is 12.6. The molecule has 3 nitrogen and oxygen atoms in total. The van der Waals surface area contributed by atoms with Crippen LogP contribution in [0.1, 0.15) is 75.8 Å².